The lowest BCUT2D eigenvalue weighted by Gasteiger charge is -2.06. The Morgan fingerprint density at radius 2 is 1.85 bits per heavy atom. The van der Waals surface area contributed by atoms with Crippen LogP contribution in [0.3, 0.4) is 0 Å². The summed E-state index contributed by atoms with van der Waals surface area (Å²) in [5, 5.41) is 3.81. The Hall–Kier alpha value is -3.33. The maximum absolute atomic E-state index is 12.6. The van der Waals surface area contributed by atoms with Crippen molar-refractivity contribution < 1.29 is 22.7 Å². The van der Waals surface area contributed by atoms with Crippen LogP contribution in [0.25, 0.3) is 0 Å². The van der Waals surface area contributed by atoms with Crippen LogP contribution in [0.4, 0.5) is 5.82 Å². The number of carbonyl (C=O) groups is 1. The number of nitrogens with zero attached hydrogens (tertiary/aromatic N) is 2. The molecule has 1 heterocycles. The van der Waals surface area contributed by atoms with Gasteiger partial charge in [-0.25, -0.2) is 4.79 Å². The van der Waals surface area contributed by atoms with Crippen molar-refractivity contribution in [1.82, 2.24) is 9.19 Å². The first kappa shape index (κ1) is 18.5. The van der Waals surface area contributed by atoms with Gasteiger partial charge in [0.25, 0.3) is 10.0 Å². The molecule has 8 nitrogen and oxygen atoms in total. The minimum absolute atomic E-state index is 0.0158. The fourth-order valence-corrected chi connectivity index (χ4v) is 3.54. The van der Waals surface area contributed by atoms with E-state index in [-0.39, 0.29) is 22.2 Å². The number of aromatic nitrogens is 2. The lowest BCUT2D eigenvalue weighted by Crippen LogP contribution is -2.17. The Kier molecular flexibility index (Phi) is 5.13. The van der Waals surface area contributed by atoms with E-state index in [0.29, 0.717) is 16.4 Å². The standard InChI is InChI=1S/C18H17N3O5S/c1-2-25-14-8-6-7-13(11-14)18(22)26-17-12-16(19)21(20-17)27(23,24)15-9-4-3-5-10-15/h3-12H,2,19H2,1H3. The summed E-state index contributed by atoms with van der Waals surface area (Å²) in [5.74, 6) is -0.592. The Balaban J connectivity index is 1.85. The second kappa shape index (κ2) is 7.50. The predicted molar refractivity (Wildman–Crippen MR) is 98.2 cm³/mol. The van der Waals surface area contributed by atoms with Gasteiger partial charge >= 0.3 is 5.97 Å². The second-order valence-electron chi connectivity index (χ2n) is 5.42. The van der Waals surface area contributed by atoms with Gasteiger partial charge in [0.15, 0.2) is 0 Å². The Morgan fingerprint density at radius 1 is 1.11 bits per heavy atom. The number of hydrogen-bond acceptors (Lipinski definition) is 7. The van der Waals surface area contributed by atoms with E-state index in [4.69, 9.17) is 15.2 Å². The van der Waals surface area contributed by atoms with Crippen LogP contribution in [-0.4, -0.2) is 30.2 Å². The fraction of sp³-hybridized carbons (Fsp3) is 0.111. The van der Waals surface area contributed by atoms with E-state index in [0.717, 1.165) is 0 Å². The molecule has 0 saturated heterocycles. The zero-order valence-electron chi connectivity index (χ0n) is 14.4. The van der Waals surface area contributed by atoms with Crippen molar-refractivity contribution in [2.75, 3.05) is 12.3 Å². The van der Waals surface area contributed by atoms with E-state index in [2.05, 4.69) is 5.10 Å². The van der Waals surface area contributed by atoms with Gasteiger partial charge in [0.2, 0.25) is 5.88 Å². The van der Waals surface area contributed by atoms with E-state index in [9.17, 15) is 13.2 Å². The number of nitrogens with two attached hydrogens (primary N) is 1. The SMILES string of the molecule is CCOc1cccc(C(=O)Oc2cc(N)n(S(=O)(=O)c3ccccc3)n2)c1. The molecular weight excluding hydrogens is 370 g/mol. The van der Waals surface area contributed by atoms with E-state index in [1.165, 1.54) is 24.3 Å². The van der Waals surface area contributed by atoms with Gasteiger partial charge in [-0.3, -0.25) is 0 Å². The van der Waals surface area contributed by atoms with Crippen LogP contribution in [0, 0.1) is 0 Å². The number of nitrogen functional groups attached to an aromatic ring is 1. The highest BCUT2D eigenvalue weighted by Gasteiger charge is 2.23. The molecule has 0 aliphatic rings. The number of ether oxygens (including phenoxy) is 2. The summed E-state index contributed by atoms with van der Waals surface area (Å²) in [6, 6.07) is 15.3. The Bertz CT molecular complexity index is 1060. The van der Waals surface area contributed by atoms with Crippen LogP contribution in [0.15, 0.2) is 65.6 Å². The molecule has 0 atom stereocenters. The molecule has 0 aliphatic carbocycles. The number of esters is 1. The molecule has 0 aliphatic heterocycles. The summed E-state index contributed by atoms with van der Waals surface area (Å²) >= 11 is 0. The molecule has 0 bridgehead atoms. The summed E-state index contributed by atoms with van der Waals surface area (Å²) in [5.41, 5.74) is 5.99. The topological polar surface area (TPSA) is 114 Å². The average Bonchev–Trinajstić information content (AvgIpc) is 3.04. The molecular formula is C18H17N3O5S. The summed E-state index contributed by atoms with van der Waals surface area (Å²) < 4.78 is 36.3. The molecule has 27 heavy (non-hydrogen) atoms. The van der Waals surface area contributed by atoms with Crippen molar-refractivity contribution in [1.29, 1.82) is 0 Å². The lowest BCUT2D eigenvalue weighted by molar-refractivity contribution is 0.0726. The number of anilines is 1. The van der Waals surface area contributed by atoms with Gasteiger partial charge < -0.3 is 15.2 Å². The van der Waals surface area contributed by atoms with Gasteiger partial charge in [-0.1, -0.05) is 24.3 Å². The van der Waals surface area contributed by atoms with Gasteiger partial charge in [0.05, 0.1) is 17.1 Å². The Morgan fingerprint density at radius 3 is 2.56 bits per heavy atom. The van der Waals surface area contributed by atoms with Crippen LogP contribution < -0.4 is 15.2 Å². The first-order chi connectivity index (χ1) is 12.9. The Labute approximate surface area is 156 Å². The third kappa shape index (κ3) is 3.93. The molecule has 9 heteroatoms. The zero-order valence-corrected chi connectivity index (χ0v) is 15.2. The van der Waals surface area contributed by atoms with Gasteiger partial charge in [-0.2, -0.15) is 8.42 Å². The smallest absolute Gasteiger partial charge is 0.345 e. The van der Waals surface area contributed by atoms with Gasteiger partial charge in [-0.15, -0.1) is 9.19 Å². The summed E-state index contributed by atoms with van der Waals surface area (Å²) in [4.78, 5) is 12.3. The van der Waals surface area contributed by atoms with Crippen molar-refractivity contribution in [3.63, 3.8) is 0 Å². The molecule has 0 amide bonds. The second-order valence-corrected chi connectivity index (χ2v) is 7.19. The molecule has 0 saturated carbocycles. The molecule has 3 rings (SSSR count). The monoisotopic (exact) mass is 387 g/mol. The van der Waals surface area contributed by atoms with Crippen molar-refractivity contribution in [2.45, 2.75) is 11.8 Å². The van der Waals surface area contributed by atoms with Crippen molar-refractivity contribution in [2.24, 2.45) is 0 Å². The van der Waals surface area contributed by atoms with Gasteiger partial charge in [-0.05, 0) is 37.3 Å². The van der Waals surface area contributed by atoms with E-state index in [1.807, 2.05) is 6.92 Å². The molecule has 3 aromatic rings. The molecule has 0 spiro atoms. The number of benzene rings is 2. The number of carbonyl (C=O) groups excluding carboxylic acids is 1. The van der Waals surface area contributed by atoms with Gasteiger partial charge in [0, 0.05) is 6.07 Å². The molecule has 1 aromatic heterocycles. The van der Waals surface area contributed by atoms with Crippen molar-refractivity contribution in [3.8, 4) is 11.6 Å². The minimum atomic E-state index is -3.99. The number of hydrogen-bond donors (Lipinski definition) is 1. The third-order valence-electron chi connectivity index (χ3n) is 3.53. The maximum atomic E-state index is 12.6. The summed E-state index contributed by atoms with van der Waals surface area (Å²) in [6.07, 6.45) is 0. The fourth-order valence-electron chi connectivity index (χ4n) is 2.33. The molecule has 0 fully saturated rings. The van der Waals surface area contributed by atoms with Crippen molar-refractivity contribution in [3.05, 3.63) is 66.2 Å². The van der Waals surface area contributed by atoms with Crippen LogP contribution in [0.5, 0.6) is 11.6 Å². The lowest BCUT2D eigenvalue weighted by atomic mass is 10.2. The normalized spacial score (nSPS) is 11.1. The van der Waals surface area contributed by atoms with Crippen LogP contribution in [0.1, 0.15) is 17.3 Å². The van der Waals surface area contributed by atoms with E-state index < -0.39 is 16.0 Å². The highest BCUT2D eigenvalue weighted by Crippen LogP contribution is 2.22. The van der Waals surface area contributed by atoms with Crippen LogP contribution in [0.2, 0.25) is 0 Å². The largest absolute Gasteiger partial charge is 0.494 e. The third-order valence-corrected chi connectivity index (χ3v) is 5.14. The zero-order chi connectivity index (χ0) is 19.4. The molecule has 0 unspecified atom stereocenters. The predicted octanol–water partition coefficient (Wildman–Crippen LogP) is 2.32. The molecule has 2 N–H and O–H groups in total. The maximum Gasteiger partial charge on any atom is 0.345 e. The van der Waals surface area contributed by atoms with E-state index >= 15 is 0 Å². The van der Waals surface area contributed by atoms with Crippen LogP contribution >= 0.6 is 0 Å². The first-order valence-electron chi connectivity index (χ1n) is 8.03. The number of rotatable bonds is 6. The minimum Gasteiger partial charge on any atom is -0.494 e. The molecule has 2 aromatic carbocycles. The first-order valence-corrected chi connectivity index (χ1v) is 9.47. The summed E-state index contributed by atoms with van der Waals surface area (Å²) in [7, 11) is -3.99. The quantitative estimate of drug-likeness (QED) is 0.646. The molecule has 140 valence electrons. The highest BCUT2D eigenvalue weighted by molar-refractivity contribution is 7.90. The highest BCUT2D eigenvalue weighted by atomic mass is 32.2. The average molecular weight is 387 g/mol. The summed E-state index contributed by atoms with van der Waals surface area (Å²) in [6.45, 7) is 2.28. The van der Waals surface area contributed by atoms with E-state index in [1.54, 1.807) is 36.4 Å². The van der Waals surface area contributed by atoms with Crippen LogP contribution in [-0.2, 0) is 10.0 Å². The van der Waals surface area contributed by atoms with Gasteiger partial charge in [0.1, 0.15) is 11.6 Å². The van der Waals surface area contributed by atoms with Crippen molar-refractivity contribution >= 4 is 21.8 Å². The molecule has 0 radical (unpaired) electrons.